The van der Waals surface area contributed by atoms with Crippen molar-refractivity contribution in [3.05, 3.63) is 42.2 Å². The molecule has 0 aliphatic rings. The lowest BCUT2D eigenvalue weighted by atomic mass is 10.1. The summed E-state index contributed by atoms with van der Waals surface area (Å²) in [5.74, 6) is 0. The van der Waals surface area contributed by atoms with Crippen LogP contribution in [0.25, 0.3) is 0 Å². The van der Waals surface area contributed by atoms with Gasteiger partial charge in [0, 0.05) is 18.9 Å². The Morgan fingerprint density at radius 1 is 1.35 bits per heavy atom. The number of nitrogens with one attached hydrogen (secondary N) is 1. The molecule has 0 atom stereocenters. The molecule has 0 aliphatic heterocycles. The number of rotatable bonds is 4. The van der Waals surface area contributed by atoms with Crippen molar-refractivity contribution in [1.82, 2.24) is 9.78 Å². The Labute approximate surface area is 116 Å². The second kappa shape index (κ2) is 5.33. The summed E-state index contributed by atoms with van der Waals surface area (Å²) in [6.45, 7) is 1.65. The first kappa shape index (κ1) is 14.1. The second-order valence-electron chi connectivity index (χ2n) is 4.22. The summed E-state index contributed by atoms with van der Waals surface area (Å²) < 4.78 is 28.0. The molecule has 20 heavy (non-hydrogen) atoms. The van der Waals surface area contributed by atoms with Crippen LogP contribution in [0.1, 0.15) is 12.5 Å². The quantitative estimate of drug-likeness (QED) is 0.506. The van der Waals surface area contributed by atoms with E-state index in [-0.39, 0.29) is 4.90 Å². The molecule has 0 saturated heterocycles. The fourth-order valence-electron chi connectivity index (χ4n) is 1.59. The molecule has 0 unspecified atom stereocenters. The Hall–Kier alpha value is -2.35. The Morgan fingerprint density at radius 2 is 2.00 bits per heavy atom. The first-order chi connectivity index (χ1) is 9.42. The van der Waals surface area contributed by atoms with E-state index in [0.29, 0.717) is 17.0 Å². The molecule has 0 radical (unpaired) electrons. The van der Waals surface area contributed by atoms with E-state index in [2.05, 4.69) is 15.0 Å². The van der Waals surface area contributed by atoms with Crippen molar-refractivity contribution in [2.24, 2.45) is 12.2 Å². The van der Waals surface area contributed by atoms with Gasteiger partial charge in [0.25, 0.3) is 10.0 Å². The lowest BCUT2D eigenvalue weighted by Gasteiger charge is -2.06. The van der Waals surface area contributed by atoms with Crippen LogP contribution in [0.4, 0.5) is 5.69 Å². The van der Waals surface area contributed by atoms with E-state index in [0.717, 1.165) is 0 Å². The van der Waals surface area contributed by atoms with E-state index in [1.165, 1.54) is 17.1 Å². The van der Waals surface area contributed by atoms with Gasteiger partial charge in [-0.25, -0.2) is 8.42 Å². The average molecular weight is 294 g/mol. The molecular weight excluding hydrogens is 280 g/mol. The molecule has 0 bridgehead atoms. The zero-order valence-electron chi connectivity index (χ0n) is 11.0. The number of hydrogen-bond donors (Lipinski definition) is 2. The molecule has 0 spiro atoms. The maximum absolute atomic E-state index is 12.1. The predicted molar refractivity (Wildman–Crippen MR) is 74.5 cm³/mol. The molecule has 7 nitrogen and oxygen atoms in total. The van der Waals surface area contributed by atoms with Gasteiger partial charge >= 0.3 is 0 Å². The van der Waals surface area contributed by atoms with Crippen molar-refractivity contribution >= 4 is 21.4 Å². The molecule has 1 aromatic carbocycles. The minimum absolute atomic E-state index is 0.0946. The molecule has 0 fully saturated rings. The van der Waals surface area contributed by atoms with Gasteiger partial charge in [-0.15, -0.1) is 0 Å². The number of nitrogens with zero attached hydrogens (tertiary/aromatic N) is 3. The molecule has 2 rings (SSSR count). The molecule has 0 aliphatic carbocycles. The van der Waals surface area contributed by atoms with E-state index in [9.17, 15) is 8.42 Å². The van der Waals surface area contributed by atoms with E-state index < -0.39 is 10.0 Å². The van der Waals surface area contributed by atoms with Crippen molar-refractivity contribution in [3.63, 3.8) is 0 Å². The normalized spacial score (nSPS) is 12.4. The van der Waals surface area contributed by atoms with Crippen LogP contribution in [-0.2, 0) is 17.1 Å². The summed E-state index contributed by atoms with van der Waals surface area (Å²) in [4.78, 5) is 0.0946. The second-order valence-corrected chi connectivity index (χ2v) is 5.90. The van der Waals surface area contributed by atoms with Crippen LogP contribution in [0.3, 0.4) is 0 Å². The smallest absolute Gasteiger partial charge is 0.265 e. The average Bonchev–Trinajstić information content (AvgIpc) is 2.86. The molecule has 2 N–H and O–H groups in total. The Bertz CT molecular complexity index is 732. The fourth-order valence-corrected chi connectivity index (χ4v) is 2.63. The number of oxime groups is 1. The molecule has 2 aromatic rings. The standard InChI is InChI=1S/C12H14N4O3S/c1-9(14-17)10-3-5-11(6-4-10)15-20(18,19)12-7-13-16(2)8-12/h3-8,15,17H,1-2H3. The SMILES string of the molecule is CC(=NO)c1ccc(NS(=O)(=O)c2cnn(C)c2)cc1. The molecule has 0 amide bonds. The lowest BCUT2D eigenvalue weighted by molar-refractivity contribution is 0.319. The highest BCUT2D eigenvalue weighted by Gasteiger charge is 2.16. The fraction of sp³-hybridized carbons (Fsp3) is 0.167. The maximum Gasteiger partial charge on any atom is 0.265 e. The van der Waals surface area contributed by atoms with Crippen LogP contribution >= 0.6 is 0 Å². The molecule has 106 valence electrons. The Balaban J connectivity index is 2.22. The topological polar surface area (TPSA) is 96.6 Å². The van der Waals surface area contributed by atoms with Gasteiger partial charge in [0.05, 0.1) is 11.9 Å². The van der Waals surface area contributed by atoms with E-state index in [1.54, 1.807) is 38.2 Å². The summed E-state index contributed by atoms with van der Waals surface area (Å²) in [7, 11) is -2.00. The number of sulfonamides is 1. The molecule has 8 heteroatoms. The highest BCUT2D eigenvalue weighted by molar-refractivity contribution is 7.92. The van der Waals surface area contributed by atoms with Gasteiger partial charge in [-0.3, -0.25) is 9.40 Å². The number of benzene rings is 1. The van der Waals surface area contributed by atoms with E-state index in [1.807, 2.05) is 0 Å². The van der Waals surface area contributed by atoms with Crippen LogP contribution in [-0.4, -0.2) is 29.1 Å². The molecule has 1 heterocycles. The number of anilines is 1. The predicted octanol–water partition coefficient (Wildman–Crippen LogP) is 1.42. The van der Waals surface area contributed by atoms with E-state index >= 15 is 0 Å². The first-order valence-electron chi connectivity index (χ1n) is 5.73. The van der Waals surface area contributed by atoms with Gasteiger partial charge in [0.15, 0.2) is 0 Å². The summed E-state index contributed by atoms with van der Waals surface area (Å²) >= 11 is 0. The lowest BCUT2D eigenvalue weighted by Crippen LogP contribution is -2.12. The van der Waals surface area contributed by atoms with Gasteiger partial charge in [-0.2, -0.15) is 5.10 Å². The van der Waals surface area contributed by atoms with E-state index in [4.69, 9.17) is 5.21 Å². The zero-order valence-corrected chi connectivity index (χ0v) is 11.8. The Kier molecular flexibility index (Phi) is 3.75. The largest absolute Gasteiger partial charge is 0.411 e. The monoisotopic (exact) mass is 294 g/mol. The van der Waals surface area contributed by atoms with Gasteiger partial charge in [-0.1, -0.05) is 17.3 Å². The van der Waals surface area contributed by atoms with Crippen LogP contribution in [0, 0.1) is 0 Å². The summed E-state index contributed by atoms with van der Waals surface area (Å²) in [5.41, 5.74) is 1.58. The van der Waals surface area contributed by atoms with Crippen LogP contribution in [0.15, 0.2) is 46.7 Å². The summed E-state index contributed by atoms with van der Waals surface area (Å²) in [6.07, 6.45) is 2.69. The molecule has 0 saturated carbocycles. The van der Waals surface area contributed by atoms with Gasteiger partial charge < -0.3 is 5.21 Å². The third-order valence-corrected chi connectivity index (χ3v) is 4.03. The van der Waals surface area contributed by atoms with Crippen molar-refractivity contribution in [2.45, 2.75) is 11.8 Å². The first-order valence-corrected chi connectivity index (χ1v) is 7.21. The van der Waals surface area contributed by atoms with Crippen LogP contribution in [0.5, 0.6) is 0 Å². The highest BCUT2D eigenvalue weighted by Crippen LogP contribution is 2.16. The van der Waals surface area contributed by atoms with Gasteiger partial charge in [0.2, 0.25) is 0 Å². The number of aromatic nitrogens is 2. The van der Waals surface area contributed by atoms with Crippen LogP contribution in [0.2, 0.25) is 0 Å². The summed E-state index contributed by atoms with van der Waals surface area (Å²) in [6, 6.07) is 6.52. The maximum atomic E-state index is 12.1. The number of aryl methyl sites for hydroxylation is 1. The number of hydrogen-bond acceptors (Lipinski definition) is 5. The minimum atomic E-state index is -3.64. The van der Waals surface area contributed by atoms with Crippen molar-refractivity contribution in [2.75, 3.05) is 4.72 Å². The highest BCUT2D eigenvalue weighted by atomic mass is 32.2. The molecule has 1 aromatic heterocycles. The molecular formula is C12H14N4O3S. The third kappa shape index (κ3) is 2.97. The van der Waals surface area contributed by atoms with Gasteiger partial charge in [0.1, 0.15) is 4.90 Å². The summed E-state index contributed by atoms with van der Waals surface area (Å²) in [5, 5.41) is 15.6. The zero-order chi connectivity index (χ0) is 14.8. The third-order valence-electron chi connectivity index (χ3n) is 2.70. The van der Waals surface area contributed by atoms with Crippen molar-refractivity contribution < 1.29 is 13.6 Å². The van der Waals surface area contributed by atoms with Crippen molar-refractivity contribution in [3.8, 4) is 0 Å². The van der Waals surface area contributed by atoms with Gasteiger partial charge in [-0.05, 0) is 24.6 Å². The van der Waals surface area contributed by atoms with Crippen LogP contribution < -0.4 is 4.72 Å². The Morgan fingerprint density at radius 3 is 2.50 bits per heavy atom. The van der Waals surface area contributed by atoms with Crippen molar-refractivity contribution in [1.29, 1.82) is 0 Å². The minimum Gasteiger partial charge on any atom is -0.411 e.